The van der Waals surface area contributed by atoms with Gasteiger partial charge in [-0.05, 0) is 23.6 Å². The molecule has 1 amide bonds. The Morgan fingerprint density at radius 2 is 2.00 bits per heavy atom. The number of carboxylic acids is 1. The van der Waals surface area contributed by atoms with Gasteiger partial charge in [0.15, 0.2) is 0 Å². The number of amides is 1. The van der Waals surface area contributed by atoms with Crippen LogP contribution in [-0.4, -0.2) is 49.1 Å². The van der Waals surface area contributed by atoms with Gasteiger partial charge >= 0.3 is 12.1 Å². The van der Waals surface area contributed by atoms with Crippen LogP contribution in [-0.2, 0) is 24.5 Å². The number of carboxylic acid groups (broad SMARTS) is 1. The Labute approximate surface area is 178 Å². The van der Waals surface area contributed by atoms with Crippen molar-refractivity contribution in [3.05, 3.63) is 64.6 Å². The maximum absolute atomic E-state index is 12.6. The van der Waals surface area contributed by atoms with Gasteiger partial charge in [0, 0.05) is 19.3 Å². The highest BCUT2D eigenvalue weighted by Gasteiger charge is 2.38. The minimum Gasteiger partial charge on any atom is -0.486 e. The normalized spacial score (nSPS) is 13.1. The summed E-state index contributed by atoms with van der Waals surface area (Å²) in [5.74, 6) is -1.97. The van der Waals surface area contributed by atoms with E-state index in [9.17, 15) is 18.0 Å². The number of pyridine rings is 1. The molecule has 0 bridgehead atoms. The van der Waals surface area contributed by atoms with E-state index < -0.39 is 12.1 Å². The summed E-state index contributed by atoms with van der Waals surface area (Å²) in [4.78, 5) is 32.6. The molecule has 0 aromatic carbocycles. The van der Waals surface area contributed by atoms with Crippen molar-refractivity contribution < 1.29 is 32.6 Å². The number of rotatable bonds is 4. The highest BCUT2D eigenvalue weighted by Crippen LogP contribution is 2.21. The van der Waals surface area contributed by atoms with Crippen LogP contribution < -0.4 is 4.74 Å². The number of ether oxygens (including phenoxy) is 1. The summed E-state index contributed by atoms with van der Waals surface area (Å²) in [6.07, 6.45) is 0.124. The monoisotopic (exact) mass is 454 g/mol. The molecule has 12 heteroatoms. The molecule has 0 unspecified atom stereocenters. The Hall–Kier alpha value is -3.41. The fraction of sp³-hybridized carbons (Fsp3) is 0.263. The van der Waals surface area contributed by atoms with E-state index >= 15 is 0 Å². The number of alkyl halides is 3. The molecule has 1 aliphatic rings. The predicted molar refractivity (Wildman–Crippen MR) is 104 cm³/mol. The van der Waals surface area contributed by atoms with Gasteiger partial charge in [0.05, 0.1) is 29.6 Å². The highest BCUT2D eigenvalue weighted by molar-refractivity contribution is 7.12. The Morgan fingerprint density at radius 3 is 2.61 bits per heavy atom. The van der Waals surface area contributed by atoms with Crippen LogP contribution in [0.3, 0.4) is 0 Å². The smallest absolute Gasteiger partial charge is 0.486 e. The fourth-order valence-electron chi connectivity index (χ4n) is 2.75. The van der Waals surface area contributed by atoms with Crippen molar-refractivity contribution >= 4 is 23.2 Å². The molecule has 8 nitrogen and oxygen atoms in total. The molecule has 0 atom stereocenters. The molecule has 3 aromatic rings. The Balaban J connectivity index is 0.000000339. The molecule has 0 fully saturated rings. The Kier molecular flexibility index (Phi) is 6.90. The summed E-state index contributed by atoms with van der Waals surface area (Å²) in [5, 5.41) is 9.05. The van der Waals surface area contributed by atoms with Crippen molar-refractivity contribution in [1.29, 1.82) is 0 Å². The molecule has 1 N–H and O–H groups in total. The average Bonchev–Trinajstić information content (AvgIpc) is 3.42. The molecule has 3 aromatic heterocycles. The standard InChI is InChI=1S/C17H16N4O2S.C2HF3O2/c22-17(16-4-2-8-24-16)20-6-7-21-12-19-14(15(21)10-20)11-23-13-3-1-5-18-9-13;3-2(4,5)1(6)7/h1-5,8-9,12H,6-7,10-11H2;(H,6,7). The van der Waals surface area contributed by atoms with Gasteiger partial charge in [0.2, 0.25) is 0 Å². The summed E-state index contributed by atoms with van der Waals surface area (Å²) in [5.41, 5.74) is 1.90. The third-order valence-electron chi connectivity index (χ3n) is 4.26. The summed E-state index contributed by atoms with van der Waals surface area (Å²) in [6.45, 7) is 2.38. The van der Waals surface area contributed by atoms with Crippen LogP contribution in [0.2, 0.25) is 0 Å². The summed E-state index contributed by atoms with van der Waals surface area (Å²) < 4.78 is 39.6. The Bertz CT molecular complexity index is 1020. The van der Waals surface area contributed by atoms with Gasteiger partial charge in [-0.25, -0.2) is 9.78 Å². The van der Waals surface area contributed by atoms with Crippen molar-refractivity contribution in [3.8, 4) is 5.75 Å². The van der Waals surface area contributed by atoms with E-state index in [4.69, 9.17) is 14.6 Å². The number of aliphatic carboxylic acids is 1. The number of carbonyl (C=O) groups excluding carboxylic acids is 1. The molecule has 0 aliphatic carbocycles. The number of nitrogens with zero attached hydrogens (tertiary/aromatic N) is 4. The lowest BCUT2D eigenvalue weighted by Gasteiger charge is -2.28. The number of aromatic nitrogens is 3. The van der Waals surface area contributed by atoms with E-state index in [1.807, 2.05) is 40.9 Å². The third kappa shape index (κ3) is 5.81. The largest absolute Gasteiger partial charge is 0.490 e. The van der Waals surface area contributed by atoms with Gasteiger partial charge in [-0.1, -0.05) is 6.07 Å². The van der Waals surface area contributed by atoms with Crippen molar-refractivity contribution in [2.75, 3.05) is 6.54 Å². The number of fused-ring (bicyclic) bond motifs is 1. The van der Waals surface area contributed by atoms with Crippen molar-refractivity contribution in [3.63, 3.8) is 0 Å². The predicted octanol–water partition coefficient (Wildman–Crippen LogP) is 3.21. The second-order valence-corrected chi connectivity index (χ2v) is 7.26. The zero-order valence-corrected chi connectivity index (χ0v) is 16.8. The first-order valence-corrected chi connectivity index (χ1v) is 9.82. The first-order chi connectivity index (χ1) is 14.8. The first kappa shape index (κ1) is 22.3. The zero-order chi connectivity index (χ0) is 22.4. The van der Waals surface area contributed by atoms with E-state index in [1.54, 1.807) is 12.4 Å². The molecule has 0 spiro atoms. The molecular formula is C19H17F3N4O4S. The van der Waals surface area contributed by atoms with Crippen molar-refractivity contribution in [2.45, 2.75) is 25.9 Å². The number of halogens is 3. The van der Waals surface area contributed by atoms with E-state index in [2.05, 4.69) is 14.5 Å². The molecule has 4 heterocycles. The number of thiophene rings is 1. The maximum Gasteiger partial charge on any atom is 0.490 e. The van der Waals surface area contributed by atoms with Crippen LogP contribution in [0.4, 0.5) is 13.2 Å². The van der Waals surface area contributed by atoms with Crippen LogP contribution in [0.1, 0.15) is 21.1 Å². The molecule has 0 radical (unpaired) electrons. The van der Waals surface area contributed by atoms with E-state index in [-0.39, 0.29) is 5.91 Å². The molecule has 0 saturated carbocycles. The third-order valence-corrected chi connectivity index (χ3v) is 5.11. The van der Waals surface area contributed by atoms with Gasteiger partial charge in [0.1, 0.15) is 18.1 Å². The number of carbonyl (C=O) groups is 2. The highest BCUT2D eigenvalue weighted by atomic mass is 32.1. The molecule has 31 heavy (non-hydrogen) atoms. The zero-order valence-electron chi connectivity index (χ0n) is 16.0. The van der Waals surface area contributed by atoms with Gasteiger partial charge in [0.25, 0.3) is 5.91 Å². The van der Waals surface area contributed by atoms with E-state index in [0.29, 0.717) is 25.4 Å². The van der Waals surface area contributed by atoms with Crippen LogP contribution in [0.15, 0.2) is 48.4 Å². The minimum atomic E-state index is -5.08. The van der Waals surface area contributed by atoms with Crippen LogP contribution in [0.5, 0.6) is 5.75 Å². The number of hydrogen-bond donors (Lipinski definition) is 1. The second-order valence-electron chi connectivity index (χ2n) is 6.32. The molecule has 164 valence electrons. The lowest BCUT2D eigenvalue weighted by Crippen LogP contribution is -2.38. The van der Waals surface area contributed by atoms with Crippen LogP contribution in [0.25, 0.3) is 0 Å². The van der Waals surface area contributed by atoms with Crippen LogP contribution >= 0.6 is 11.3 Å². The number of imidazole rings is 1. The molecule has 4 rings (SSSR count). The van der Waals surface area contributed by atoms with E-state index in [1.165, 1.54) is 11.3 Å². The average molecular weight is 454 g/mol. The quantitative estimate of drug-likeness (QED) is 0.650. The first-order valence-electron chi connectivity index (χ1n) is 8.94. The number of hydrogen-bond acceptors (Lipinski definition) is 6. The fourth-order valence-corrected chi connectivity index (χ4v) is 3.44. The molecule has 0 saturated heterocycles. The summed E-state index contributed by atoms with van der Waals surface area (Å²) in [6, 6.07) is 7.46. The maximum atomic E-state index is 12.6. The minimum absolute atomic E-state index is 0.0802. The summed E-state index contributed by atoms with van der Waals surface area (Å²) >= 11 is 1.47. The molecular weight excluding hydrogens is 437 g/mol. The Morgan fingerprint density at radius 1 is 1.23 bits per heavy atom. The topological polar surface area (TPSA) is 97.6 Å². The van der Waals surface area contributed by atoms with Gasteiger partial charge in [-0.2, -0.15) is 13.2 Å². The SMILES string of the molecule is O=C(O)C(F)(F)F.O=C(c1cccs1)N1CCn2cnc(COc3cccnc3)c2C1. The molecule has 1 aliphatic heterocycles. The van der Waals surface area contributed by atoms with Crippen molar-refractivity contribution in [2.24, 2.45) is 0 Å². The second kappa shape index (κ2) is 9.60. The van der Waals surface area contributed by atoms with Gasteiger partial charge in [-0.3, -0.25) is 9.78 Å². The summed E-state index contributed by atoms with van der Waals surface area (Å²) in [7, 11) is 0. The lowest BCUT2D eigenvalue weighted by atomic mass is 10.2. The lowest BCUT2D eigenvalue weighted by molar-refractivity contribution is -0.192. The van der Waals surface area contributed by atoms with Gasteiger partial charge < -0.3 is 19.3 Å². The van der Waals surface area contributed by atoms with Crippen molar-refractivity contribution in [1.82, 2.24) is 19.4 Å². The van der Waals surface area contributed by atoms with E-state index in [0.717, 1.165) is 22.8 Å². The van der Waals surface area contributed by atoms with Gasteiger partial charge in [-0.15, -0.1) is 11.3 Å². The van der Waals surface area contributed by atoms with Crippen LogP contribution in [0, 0.1) is 0 Å².